The molecule has 0 aromatic carbocycles. The molecule has 0 N–H and O–H groups in total. The molecule has 0 aromatic rings. The standard InChI is InChI=1S/C24H52N.BrH/c1-6-8-9-10-11-12-13-14-15-16-17-18-19-20-21-22-23-24(7-2)25(3,4)5;/h24H,6-23H2,1-5H3;1H/q+1;/p-1. The fraction of sp³-hybridized carbons (Fsp3) is 1.00. The number of nitrogens with zero attached hydrogens (tertiary/aromatic N) is 1. The second kappa shape index (κ2) is 20.2. The van der Waals surface area contributed by atoms with E-state index in [0.717, 1.165) is 10.5 Å². The molecule has 1 unspecified atom stereocenters. The minimum Gasteiger partial charge on any atom is -1.00 e. The molecular weight excluding hydrogens is 382 g/mol. The van der Waals surface area contributed by atoms with Crippen molar-refractivity contribution in [3.63, 3.8) is 0 Å². The third-order valence-corrected chi connectivity index (χ3v) is 5.96. The number of halogens is 1. The Hall–Kier alpha value is 0.440. The topological polar surface area (TPSA) is 0 Å². The molecule has 0 radical (unpaired) electrons. The van der Waals surface area contributed by atoms with E-state index >= 15 is 0 Å². The van der Waals surface area contributed by atoms with Crippen LogP contribution in [-0.4, -0.2) is 31.7 Å². The van der Waals surface area contributed by atoms with Gasteiger partial charge in [0.15, 0.2) is 0 Å². The molecule has 26 heavy (non-hydrogen) atoms. The molecule has 2 heteroatoms. The number of rotatable bonds is 19. The summed E-state index contributed by atoms with van der Waals surface area (Å²) in [4.78, 5) is 0. The molecule has 0 spiro atoms. The van der Waals surface area contributed by atoms with Crippen LogP contribution in [0.4, 0.5) is 0 Å². The minimum absolute atomic E-state index is 0. The van der Waals surface area contributed by atoms with Crippen LogP contribution >= 0.6 is 0 Å². The molecule has 0 saturated heterocycles. The van der Waals surface area contributed by atoms with E-state index in [1.807, 2.05) is 0 Å². The molecule has 0 saturated carbocycles. The van der Waals surface area contributed by atoms with Gasteiger partial charge in [0, 0.05) is 0 Å². The summed E-state index contributed by atoms with van der Waals surface area (Å²) in [5.41, 5.74) is 0. The molecule has 0 bridgehead atoms. The fourth-order valence-corrected chi connectivity index (χ4v) is 4.07. The van der Waals surface area contributed by atoms with E-state index in [1.54, 1.807) is 0 Å². The summed E-state index contributed by atoms with van der Waals surface area (Å²) in [5, 5.41) is 0. The molecule has 0 aromatic heterocycles. The van der Waals surface area contributed by atoms with Crippen LogP contribution in [0, 0.1) is 0 Å². The van der Waals surface area contributed by atoms with Crippen molar-refractivity contribution in [3.05, 3.63) is 0 Å². The summed E-state index contributed by atoms with van der Waals surface area (Å²) in [6.07, 6.45) is 26.2. The third-order valence-electron chi connectivity index (χ3n) is 5.96. The monoisotopic (exact) mass is 433 g/mol. The van der Waals surface area contributed by atoms with Crippen molar-refractivity contribution in [2.75, 3.05) is 21.1 Å². The first-order chi connectivity index (χ1) is 12.0. The Morgan fingerprint density at radius 1 is 0.500 bits per heavy atom. The molecule has 1 nitrogen and oxygen atoms in total. The second-order valence-corrected chi connectivity index (χ2v) is 9.27. The van der Waals surface area contributed by atoms with Gasteiger partial charge in [-0.25, -0.2) is 0 Å². The van der Waals surface area contributed by atoms with Gasteiger partial charge in [-0.2, -0.15) is 0 Å². The van der Waals surface area contributed by atoms with Gasteiger partial charge in [-0.05, 0) is 19.3 Å². The Balaban J connectivity index is 0. The molecule has 0 aliphatic heterocycles. The quantitative estimate of drug-likeness (QED) is 0.195. The fourth-order valence-electron chi connectivity index (χ4n) is 4.07. The molecule has 0 aliphatic carbocycles. The van der Waals surface area contributed by atoms with E-state index in [-0.39, 0.29) is 17.0 Å². The van der Waals surface area contributed by atoms with E-state index in [4.69, 9.17) is 0 Å². The smallest absolute Gasteiger partial charge is 0.0881 e. The van der Waals surface area contributed by atoms with Gasteiger partial charge in [0.05, 0.1) is 27.2 Å². The van der Waals surface area contributed by atoms with Crippen LogP contribution in [0.2, 0.25) is 0 Å². The summed E-state index contributed by atoms with van der Waals surface area (Å²) in [6, 6.07) is 0.853. The van der Waals surface area contributed by atoms with E-state index in [0.29, 0.717) is 0 Å². The predicted molar refractivity (Wildman–Crippen MR) is 116 cm³/mol. The van der Waals surface area contributed by atoms with Crippen molar-refractivity contribution < 1.29 is 21.5 Å². The first-order valence-corrected chi connectivity index (χ1v) is 11.8. The molecule has 0 amide bonds. The highest BCUT2D eigenvalue weighted by Crippen LogP contribution is 2.17. The average Bonchev–Trinajstić information content (AvgIpc) is 2.56. The Bertz CT molecular complexity index is 259. The first kappa shape index (κ1) is 28.6. The average molecular weight is 435 g/mol. The van der Waals surface area contributed by atoms with Crippen LogP contribution < -0.4 is 17.0 Å². The largest absolute Gasteiger partial charge is 1.00 e. The molecule has 1 atom stereocenters. The van der Waals surface area contributed by atoms with Crippen LogP contribution in [0.25, 0.3) is 0 Å². The van der Waals surface area contributed by atoms with Crippen molar-refractivity contribution in [2.24, 2.45) is 0 Å². The van der Waals surface area contributed by atoms with Crippen LogP contribution in [0.5, 0.6) is 0 Å². The van der Waals surface area contributed by atoms with Crippen molar-refractivity contribution in [2.45, 2.75) is 135 Å². The van der Waals surface area contributed by atoms with Crippen LogP contribution in [-0.2, 0) is 0 Å². The minimum atomic E-state index is 0. The van der Waals surface area contributed by atoms with Gasteiger partial charge in [0.1, 0.15) is 0 Å². The maximum atomic E-state index is 2.35. The van der Waals surface area contributed by atoms with Crippen molar-refractivity contribution in [1.29, 1.82) is 0 Å². The molecule has 0 aliphatic rings. The van der Waals surface area contributed by atoms with Crippen LogP contribution in [0.3, 0.4) is 0 Å². The van der Waals surface area contributed by atoms with Gasteiger partial charge in [-0.1, -0.05) is 110 Å². The first-order valence-electron chi connectivity index (χ1n) is 11.8. The van der Waals surface area contributed by atoms with Gasteiger partial charge >= 0.3 is 0 Å². The normalized spacial score (nSPS) is 12.8. The molecule has 0 rings (SSSR count). The third kappa shape index (κ3) is 19.2. The van der Waals surface area contributed by atoms with Crippen molar-refractivity contribution >= 4 is 0 Å². The summed E-state index contributed by atoms with van der Waals surface area (Å²) in [5.74, 6) is 0. The molecule has 0 fully saturated rings. The van der Waals surface area contributed by atoms with Gasteiger partial charge < -0.3 is 21.5 Å². The summed E-state index contributed by atoms with van der Waals surface area (Å²) < 4.78 is 1.13. The van der Waals surface area contributed by atoms with E-state index in [2.05, 4.69) is 35.0 Å². The highest BCUT2D eigenvalue weighted by molar-refractivity contribution is 4.56. The zero-order valence-electron chi connectivity index (χ0n) is 19.1. The summed E-state index contributed by atoms with van der Waals surface area (Å²) in [6.45, 7) is 4.65. The van der Waals surface area contributed by atoms with Crippen molar-refractivity contribution in [1.82, 2.24) is 0 Å². The number of quaternary nitrogens is 1. The van der Waals surface area contributed by atoms with Gasteiger partial charge in [0.2, 0.25) is 0 Å². The maximum absolute atomic E-state index is 2.35. The molecule has 160 valence electrons. The SMILES string of the molecule is CCCCCCCCCCCCCCCCCCC(CC)[N+](C)(C)C.[Br-]. The Kier molecular flexibility index (Phi) is 22.2. The Morgan fingerprint density at radius 2 is 0.808 bits per heavy atom. The van der Waals surface area contributed by atoms with Gasteiger partial charge in [-0.15, -0.1) is 0 Å². The zero-order chi connectivity index (χ0) is 18.8. The molecular formula is C24H52BrN. The van der Waals surface area contributed by atoms with Crippen LogP contribution in [0.15, 0.2) is 0 Å². The zero-order valence-corrected chi connectivity index (χ0v) is 20.7. The van der Waals surface area contributed by atoms with E-state index in [9.17, 15) is 0 Å². The lowest BCUT2D eigenvalue weighted by atomic mass is 10.0. The van der Waals surface area contributed by atoms with E-state index < -0.39 is 0 Å². The Morgan fingerprint density at radius 3 is 1.08 bits per heavy atom. The van der Waals surface area contributed by atoms with Crippen molar-refractivity contribution in [3.8, 4) is 0 Å². The number of unbranched alkanes of at least 4 members (excludes halogenated alkanes) is 15. The maximum Gasteiger partial charge on any atom is 0.0881 e. The Labute approximate surface area is 178 Å². The van der Waals surface area contributed by atoms with Gasteiger partial charge in [-0.3, -0.25) is 0 Å². The second-order valence-electron chi connectivity index (χ2n) is 9.27. The van der Waals surface area contributed by atoms with Crippen LogP contribution in [0.1, 0.15) is 129 Å². The lowest BCUT2D eigenvalue weighted by molar-refractivity contribution is -0.896. The summed E-state index contributed by atoms with van der Waals surface area (Å²) in [7, 11) is 7.04. The van der Waals surface area contributed by atoms with E-state index in [1.165, 1.54) is 116 Å². The predicted octanol–water partition coefficient (Wildman–Crippen LogP) is 5.13. The number of hydrogen-bond donors (Lipinski definition) is 0. The highest BCUT2D eigenvalue weighted by Gasteiger charge is 2.20. The molecule has 0 heterocycles. The highest BCUT2D eigenvalue weighted by atomic mass is 79.9. The van der Waals surface area contributed by atoms with Gasteiger partial charge in [0.25, 0.3) is 0 Å². The lowest BCUT2D eigenvalue weighted by Gasteiger charge is -2.33. The summed E-state index contributed by atoms with van der Waals surface area (Å²) >= 11 is 0. The lowest BCUT2D eigenvalue weighted by Crippen LogP contribution is -3.00. The number of hydrogen-bond acceptors (Lipinski definition) is 0.